The van der Waals surface area contributed by atoms with Gasteiger partial charge in [-0.15, -0.1) is 0 Å². The van der Waals surface area contributed by atoms with Crippen LogP contribution in [0, 0.1) is 5.92 Å². The molecule has 0 bridgehead atoms. The maximum absolute atomic E-state index is 12.1. The van der Waals surface area contributed by atoms with E-state index < -0.39 is 0 Å². The highest BCUT2D eigenvalue weighted by Gasteiger charge is 2.22. The molecule has 3 nitrogen and oxygen atoms in total. The highest BCUT2D eigenvalue weighted by molar-refractivity contribution is 5.75. The van der Waals surface area contributed by atoms with Crippen LogP contribution in [0.15, 0.2) is 18.3 Å². The minimum atomic E-state index is -0.0752. The second-order valence-corrected chi connectivity index (χ2v) is 6.41. The summed E-state index contributed by atoms with van der Waals surface area (Å²) in [5.74, 6) is 0.603. The Morgan fingerprint density at radius 1 is 1.14 bits per heavy atom. The van der Waals surface area contributed by atoms with E-state index in [4.69, 9.17) is 4.74 Å². The number of hydrogen-bond acceptors (Lipinski definition) is 3. The van der Waals surface area contributed by atoms with Crippen LogP contribution in [0.25, 0.3) is 0 Å². The monoisotopic (exact) mass is 303 g/mol. The molecule has 3 heteroatoms. The molecule has 1 saturated carbocycles. The summed E-state index contributed by atoms with van der Waals surface area (Å²) < 4.78 is 5.46. The molecule has 0 saturated heterocycles. The van der Waals surface area contributed by atoms with Gasteiger partial charge in [-0.2, -0.15) is 0 Å². The number of ether oxygens (including phenoxy) is 1. The van der Waals surface area contributed by atoms with Gasteiger partial charge in [-0.05, 0) is 37.8 Å². The largest absolute Gasteiger partial charge is 0.425 e. The second kappa shape index (κ2) is 9.60. The molecule has 0 radical (unpaired) electrons. The molecule has 0 N–H and O–H groups in total. The molecule has 1 heterocycles. The topological polar surface area (TPSA) is 39.2 Å². The molecule has 1 aliphatic rings. The Morgan fingerprint density at radius 2 is 1.91 bits per heavy atom. The Morgan fingerprint density at radius 3 is 2.59 bits per heavy atom. The summed E-state index contributed by atoms with van der Waals surface area (Å²) in [5.41, 5.74) is 1.09. The van der Waals surface area contributed by atoms with Crippen LogP contribution in [0.4, 0.5) is 0 Å². The molecule has 122 valence electrons. The number of aromatic nitrogens is 1. The number of esters is 1. The molecule has 1 aromatic rings. The maximum Gasteiger partial charge on any atom is 0.314 e. The van der Waals surface area contributed by atoms with E-state index in [9.17, 15) is 4.79 Å². The molecule has 0 unspecified atom stereocenters. The first kappa shape index (κ1) is 17.0. The van der Waals surface area contributed by atoms with Gasteiger partial charge in [0.2, 0.25) is 0 Å². The fourth-order valence-electron chi connectivity index (χ4n) is 3.07. The maximum atomic E-state index is 12.1. The molecule has 0 amide bonds. The lowest BCUT2D eigenvalue weighted by Gasteiger charge is -2.19. The molecular weight excluding hydrogens is 274 g/mol. The van der Waals surface area contributed by atoms with Crippen molar-refractivity contribution >= 4 is 5.97 Å². The number of carbonyl (C=O) groups is 1. The quantitative estimate of drug-likeness (QED) is 0.496. The van der Waals surface area contributed by atoms with E-state index >= 15 is 0 Å². The van der Waals surface area contributed by atoms with Crippen molar-refractivity contribution in [2.45, 2.75) is 77.6 Å². The molecular formula is C19H29NO2. The molecule has 0 spiro atoms. The van der Waals surface area contributed by atoms with Crippen LogP contribution in [0.2, 0.25) is 0 Å². The Hall–Kier alpha value is -1.38. The number of pyridine rings is 1. The average molecular weight is 303 g/mol. The summed E-state index contributed by atoms with van der Waals surface area (Å²) in [5, 5.41) is 0. The SMILES string of the molecule is CCCCCCCc1ccc(OC(=O)C2CCCCC2)cn1. The molecule has 2 rings (SSSR count). The van der Waals surface area contributed by atoms with E-state index in [1.807, 2.05) is 12.1 Å². The van der Waals surface area contributed by atoms with Crippen molar-refractivity contribution in [3.05, 3.63) is 24.0 Å². The summed E-state index contributed by atoms with van der Waals surface area (Å²) in [6.45, 7) is 2.23. The van der Waals surface area contributed by atoms with Crippen molar-refractivity contribution in [2.24, 2.45) is 5.92 Å². The first-order valence-corrected chi connectivity index (χ1v) is 8.96. The van der Waals surface area contributed by atoms with Crippen LogP contribution >= 0.6 is 0 Å². The number of aryl methyl sites for hydroxylation is 1. The van der Waals surface area contributed by atoms with Crippen LogP contribution in [0.5, 0.6) is 5.75 Å². The predicted molar refractivity (Wildman–Crippen MR) is 88.9 cm³/mol. The summed E-state index contributed by atoms with van der Waals surface area (Å²) >= 11 is 0. The van der Waals surface area contributed by atoms with Crippen molar-refractivity contribution in [1.82, 2.24) is 4.98 Å². The van der Waals surface area contributed by atoms with Crippen molar-refractivity contribution in [1.29, 1.82) is 0 Å². The van der Waals surface area contributed by atoms with Crippen molar-refractivity contribution in [3.8, 4) is 5.75 Å². The van der Waals surface area contributed by atoms with Gasteiger partial charge < -0.3 is 4.74 Å². The smallest absolute Gasteiger partial charge is 0.314 e. The van der Waals surface area contributed by atoms with Crippen LogP contribution in [0.3, 0.4) is 0 Å². The van der Waals surface area contributed by atoms with Crippen molar-refractivity contribution < 1.29 is 9.53 Å². The minimum absolute atomic E-state index is 0.0752. The van der Waals surface area contributed by atoms with E-state index in [1.165, 1.54) is 38.5 Å². The Kier molecular flexibility index (Phi) is 7.41. The van der Waals surface area contributed by atoms with Gasteiger partial charge in [0.15, 0.2) is 0 Å². The number of rotatable bonds is 8. The normalized spacial score (nSPS) is 15.7. The number of unbranched alkanes of at least 4 members (excludes halogenated alkanes) is 4. The second-order valence-electron chi connectivity index (χ2n) is 6.41. The zero-order valence-electron chi connectivity index (χ0n) is 13.9. The summed E-state index contributed by atoms with van der Waals surface area (Å²) in [6.07, 6.45) is 14.6. The van der Waals surface area contributed by atoms with Crippen molar-refractivity contribution in [2.75, 3.05) is 0 Å². The van der Waals surface area contributed by atoms with E-state index in [0.29, 0.717) is 5.75 Å². The first-order valence-electron chi connectivity index (χ1n) is 8.96. The lowest BCUT2D eigenvalue weighted by Crippen LogP contribution is -2.22. The van der Waals surface area contributed by atoms with E-state index in [0.717, 1.165) is 37.8 Å². The third kappa shape index (κ3) is 5.78. The number of hydrogen-bond donors (Lipinski definition) is 0. The molecule has 1 aliphatic carbocycles. The number of nitrogens with zero attached hydrogens (tertiary/aromatic N) is 1. The lowest BCUT2D eigenvalue weighted by atomic mass is 9.89. The predicted octanol–water partition coefficient (Wildman–Crippen LogP) is 5.08. The van der Waals surface area contributed by atoms with E-state index in [1.54, 1.807) is 6.20 Å². The zero-order chi connectivity index (χ0) is 15.6. The van der Waals surface area contributed by atoms with Gasteiger partial charge in [0.1, 0.15) is 5.75 Å². The summed E-state index contributed by atoms with van der Waals surface area (Å²) in [6, 6.07) is 3.87. The van der Waals surface area contributed by atoms with Gasteiger partial charge in [0.05, 0.1) is 12.1 Å². The summed E-state index contributed by atoms with van der Waals surface area (Å²) in [7, 11) is 0. The fraction of sp³-hybridized carbons (Fsp3) is 0.684. The van der Waals surface area contributed by atoms with Crippen LogP contribution in [0.1, 0.15) is 76.8 Å². The van der Waals surface area contributed by atoms with E-state index in [2.05, 4.69) is 11.9 Å². The molecule has 1 fully saturated rings. The molecule has 0 aromatic carbocycles. The average Bonchev–Trinajstić information content (AvgIpc) is 2.57. The van der Waals surface area contributed by atoms with E-state index in [-0.39, 0.29) is 11.9 Å². The summed E-state index contributed by atoms with van der Waals surface area (Å²) in [4.78, 5) is 16.5. The Balaban J connectivity index is 1.72. The Labute approximate surface area is 134 Å². The van der Waals surface area contributed by atoms with Gasteiger partial charge >= 0.3 is 5.97 Å². The van der Waals surface area contributed by atoms with Crippen molar-refractivity contribution in [3.63, 3.8) is 0 Å². The zero-order valence-corrected chi connectivity index (χ0v) is 13.9. The minimum Gasteiger partial charge on any atom is -0.425 e. The van der Waals surface area contributed by atoms with Crippen LogP contribution < -0.4 is 4.74 Å². The lowest BCUT2D eigenvalue weighted by molar-refractivity contribution is -0.140. The van der Waals surface area contributed by atoms with Gasteiger partial charge in [-0.3, -0.25) is 9.78 Å². The van der Waals surface area contributed by atoms with Gasteiger partial charge in [0, 0.05) is 5.69 Å². The third-order valence-electron chi connectivity index (χ3n) is 4.49. The highest BCUT2D eigenvalue weighted by Crippen LogP contribution is 2.25. The van der Waals surface area contributed by atoms with Gasteiger partial charge in [0.25, 0.3) is 0 Å². The standard InChI is InChI=1S/C19H29NO2/c1-2-3-4-5-9-12-17-13-14-18(15-20-17)22-19(21)16-10-7-6-8-11-16/h13-16H,2-12H2,1H3. The Bertz CT molecular complexity index is 435. The first-order chi connectivity index (χ1) is 10.8. The molecule has 22 heavy (non-hydrogen) atoms. The molecule has 0 aliphatic heterocycles. The number of carbonyl (C=O) groups excluding carboxylic acids is 1. The highest BCUT2D eigenvalue weighted by atomic mass is 16.5. The fourth-order valence-corrected chi connectivity index (χ4v) is 3.07. The third-order valence-corrected chi connectivity index (χ3v) is 4.49. The molecule has 1 aromatic heterocycles. The van der Waals surface area contributed by atoms with Crippen LogP contribution in [-0.4, -0.2) is 11.0 Å². The molecule has 0 atom stereocenters. The van der Waals surface area contributed by atoms with Crippen LogP contribution in [-0.2, 0) is 11.2 Å². The van der Waals surface area contributed by atoms with Gasteiger partial charge in [-0.25, -0.2) is 0 Å². The van der Waals surface area contributed by atoms with Gasteiger partial charge in [-0.1, -0.05) is 51.9 Å².